The third-order valence-electron chi connectivity index (χ3n) is 6.91. The molecule has 0 aromatic carbocycles. The molecule has 1 saturated carbocycles. The van der Waals surface area contributed by atoms with E-state index in [9.17, 15) is 0 Å². The maximum atomic E-state index is 6.43. The second kappa shape index (κ2) is 3.89. The maximum Gasteiger partial charge on any atom is 0.119 e. The molecule has 0 bridgehead atoms. The number of hydrogen-bond donors (Lipinski definition) is 0. The lowest BCUT2D eigenvalue weighted by atomic mass is 9.66. The van der Waals surface area contributed by atoms with Gasteiger partial charge in [0.2, 0.25) is 0 Å². The normalized spacial score (nSPS) is 49.8. The summed E-state index contributed by atoms with van der Waals surface area (Å²) in [5.41, 5.74) is 3.26. The van der Waals surface area contributed by atoms with Gasteiger partial charge in [-0.1, -0.05) is 25.8 Å². The SMILES string of the molecule is CC1(C)COC2CCC3CCCCC3=C2C2(C)OC12C. The van der Waals surface area contributed by atoms with E-state index in [0.717, 1.165) is 12.5 Å². The Balaban J connectivity index is 1.84. The van der Waals surface area contributed by atoms with Gasteiger partial charge in [-0.25, -0.2) is 0 Å². The number of hydrogen-bond acceptors (Lipinski definition) is 2. The zero-order chi connectivity index (χ0) is 14.2. The molecule has 2 aliphatic heterocycles. The van der Waals surface area contributed by atoms with Crippen LogP contribution >= 0.6 is 0 Å². The summed E-state index contributed by atoms with van der Waals surface area (Å²) in [4.78, 5) is 0. The van der Waals surface area contributed by atoms with E-state index in [4.69, 9.17) is 9.47 Å². The van der Waals surface area contributed by atoms with Crippen molar-refractivity contribution in [2.75, 3.05) is 6.61 Å². The standard InChI is InChI=1S/C18H28O2/c1-16(2)11-19-14-10-9-12-7-5-6-8-13(12)15(14)17(3)18(16,4)20-17/h12,14H,5-11H2,1-4H3. The molecule has 0 N–H and O–H groups in total. The minimum atomic E-state index is -0.0665. The van der Waals surface area contributed by atoms with Crippen molar-refractivity contribution in [1.82, 2.24) is 0 Å². The largest absolute Gasteiger partial charge is 0.373 e. The van der Waals surface area contributed by atoms with Gasteiger partial charge in [-0.05, 0) is 57.4 Å². The van der Waals surface area contributed by atoms with Gasteiger partial charge in [0.15, 0.2) is 0 Å². The van der Waals surface area contributed by atoms with E-state index in [1.807, 2.05) is 0 Å². The van der Waals surface area contributed by atoms with Crippen LogP contribution < -0.4 is 0 Å². The fraction of sp³-hybridized carbons (Fsp3) is 0.889. The summed E-state index contributed by atoms with van der Waals surface area (Å²) in [7, 11) is 0. The fourth-order valence-electron chi connectivity index (χ4n) is 5.17. The molecule has 0 amide bonds. The number of ether oxygens (including phenoxy) is 2. The maximum absolute atomic E-state index is 6.43. The highest BCUT2D eigenvalue weighted by Crippen LogP contribution is 2.66. The third kappa shape index (κ3) is 1.47. The molecule has 2 aliphatic carbocycles. The van der Waals surface area contributed by atoms with E-state index in [2.05, 4.69) is 27.7 Å². The van der Waals surface area contributed by atoms with Crippen molar-refractivity contribution in [2.24, 2.45) is 11.3 Å². The molecule has 4 unspecified atom stereocenters. The van der Waals surface area contributed by atoms with Crippen molar-refractivity contribution >= 4 is 0 Å². The fourth-order valence-corrected chi connectivity index (χ4v) is 5.17. The van der Waals surface area contributed by atoms with Crippen LogP contribution in [0.2, 0.25) is 0 Å². The second-order valence-corrected chi connectivity index (χ2v) is 8.31. The van der Waals surface area contributed by atoms with Gasteiger partial charge in [0.1, 0.15) is 11.2 Å². The number of fused-ring (bicyclic) bond motifs is 4. The summed E-state index contributed by atoms with van der Waals surface area (Å²) in [6, 6.07) is 0. The smallest absolute Gasteiger partial charge is 0.119 e. The molecule has 0 spiro atoms. The summed E-state index contributed by atoms with van der Waals surface area (Å²) >= 11 is 0. The Labute approximate surface area is 122 Å². The van der Waals surface area contributed by atoms with E-state index >= 15 is 0 Å². The van der Waals surface area contributed by atoms with Gasteiger partial charge in [0.05, 0.1) is 12.7 Å². The molecule has 3 fully saturated rings. The Morgan fingerprint density at radius 3 is 2.60 bits per heavy atom. The molecule has 2 saturated heterocycles. The van der Waals surface area contributed by atoms with Gasteiger partial charge in [-0.2, -0.15) is 0 Å². The van der Waals surface area contributed by atoms with Crippen molar-refractivity contribution in [3.05, 3.63) is 11.1 Å². The summed E-state index contributed by atoms with van der Waals surface area (Å²) < 4.78 is 12.8. The first kappa shape index (κ1) is 13.3. The monoisotopic (exact) mass is 276 g/mol. The van der Waals surface area contributed by atoms with Gasteiger partial charge in [0, 0.05) is 5.41 Å². The predicted octanol–water partition coefficient (Wildman–Crippen LogP) is 4.24. The molecule has 4 aliphatic rings. The first-order valence-electron chi connectivity index (χ1n) is 8.44. The highest BCUT2D eigenvalue weighted by molar-refractivity contribution is 5.43. The minimum absolute atomic E-state index is 0.0452. The Bertz CT molecular complexity index is 478. The Kier molecular flexibility index (Phi) is 2.60. The second-order valence-electron chi connectivity index (χ2n) is 8.31. The van der Waals surface area contributed by atoms with Gasteiger partial charge < -0.3 is 9.47 Å². The molecular weight excluding hydrogens is 248 g/mol. The molecule has 0 aromatic rings. The number of allylic oxidation sites excluding steroid dienone is 1. The van der Waals surface area contributed by atoms with Crippen molar-refractivity contribution in [1.29, 1.82) is 0 Å². The average Bonchev–Trinajstić information content (AvgIpc) is 3.01. The topological polar surface area (TPSA) is 21.8 Å². The highest BCUT2D eigenvalue weighted by Gasteiger charge is 2.74. The van der Waals surface area contributed by atoms with Crippen LogP contribution in [0.5, 0.6) is 0 Å². The zero-order valence-corrected chi connectivity index (χ0v) is 13.4. The summed E-state index contributed by atoms with van der Waals surface area (Å²) in [5, 5.41) is 0. The summed E-state index contributed by atoms with van der Waals surface area (Å²) in [5.74, 6) is 0.824. The van der Waals surface area contributed by atoms with Crippen LogP contribution in [0.1, 0.15) is 66.2 Å². The molecule has 2 heteroatoms. The van der Waals surface area contributed by atoms with Crippen molar-refractivity contribution in [3.63, 3.8) is 0 Å². The number of rotatable bonds is 0. The molecule has 4 rings (SSSR count). The minimum Gasteiger partial charge on any atom is -0.373 e. The van der Waals surface area contributed by atoms with Crippen LogP contribution in [-0.2, 0) is 9.47 Å². The first-order chi connectivity index (χ1) is 9.39. The van der Waals surface area contributed by atoms with Crippen molar-refractivity contribution < 1.29 is 9.47 Å². The molecular formula is C18H28O2. The van der Waals surface area contributed by atoms with Crippen molar-refractivity contribution in [3.8, 4) is 0 Å². The van der Waals surface area contributed by atoms with Crippen LogP contribution in [0.15, 0.2) is 11.1 Å². The van der Waals surface area contributed by atoms with Crippen LogP contribution in [0.4, 0.5) is 0 Å². The molecule has 20 heavy (non-hydrogen) atoms. The Morgan fingerprint density at radius 1 is 1.00 bits per heavy atom. The molecule has 0 radical (unpaired) electrons. The lowest BCUT2D eigenvalue weighted by Gasteiger charge is -2.38. The lowest BCUT2D eigenvalue weighted by molar-refractivity contribution is -0.0200. The van der Waals surface area contributed by atoms with E-state index in [1.165, 1.54) is 38.5 Å². The van der Waals surface area contributed by atoms with Crippen LogP contribution in [-0.4, -0.2) is 23.9 Å². The van der Waals surface area contributed by atoms with Crippen LogP contribution in [0, 0.1) is 11.3 Å². The van der Waals surface area contributed by atoms with Gasteiger partial charge >= 0.3 is 0 Å². The zero-order valence-electron chi connectivity index (χ0n) is 13.4. The Hall–Kier alpha value is -0.340. The van der Waals surface area contributed by atoms with Gasteiger partial charge in [-0.3, -0.25) is 0 Å². The highest BCUT2D eigenvalue weighted by atomic mass is 16.6. The molecule has 4 atom stereocenters. The van der Waals surface area contributed by atoms with E-state index in [1.54, 1.807) is 11.1 Å². The molecule has 2 nitrogen and oxygen atoms in total. The number of epoxide rings is 1. The quantitative estimate of drug-likeness (QED) is 0.487. The van der Waals surface area contributed by atoms with Gasteiger partial charge in [-0.15, -0.1) is 0 Å². The third-order valence-corrected chi connectivity index (χ3v) is 6.91. The predicted molar refractivity (Wildman–Crippen MR) is 79.6 cm³/mol. The molecule has 0 aromatic heterocycles. The van der Waals surface area contributed by atoms with Crippen LogP contribution in [0.3, 0.4) is 0 Å². The summed E-state index contributed by atoms with van der Waals surface area (Å²) in [6.45, 7) is 10.1. The van der Waals surface area contributed by atoms with Crippen LogP contribution in [0.25, 0.3) is 0 Å². The molecule has 112 valence electrons. The van der Waals surface area contributed by atoms with Gasteiger partial charge in [0.25, 0.3) is 0 Å². The Morgan fingerprint density at radius 2 is 1.80 bits per heavy atom. The first-order valence-corrected chi connectivity index (χ1v) is 8.44. The van der Waals surface area contributed by atoms with E-state index < -0.39 is 0 Å². The summed E-state index contributed by atoms with van der Waals surface area (Å²) in [6.07, 6.45) is 8.31. The molecule has 2 heterocycles. The van der Waals surface area contributed by atoms with E-state index in [0.29, 0.717) is 6.10 Å². The lowest BCUT2D eigenvalue weighted by Crippen LogP contribution is -2.39. The average molecular weight is 276 g/mol. The van der Waals surface area contributed by atoms with E-state index in [-0.39, 0.29) is 16.6 Å². The van der Waals surface area contributed by atoms with Crippen molar-refractivity contribution in [2.45, 2.75) is 83.5 Å².